The van der Waals surface area contributed by atoms with E-state index in [-0.39, 0.29) is 24.1 Å². The van der Waals surface area contributed by atoms with E-state index in [1.165, 1.54) is 12.8 Å². The summed E-state index contributed by atoms with van der Waals surface area (Å²) >= 11 is 0. The lowest BCUT2D eigenvalue weighted by molar-refractivity contribution is -0.125. The largest absolute Gasteiger partial charge is 0.396 e. The van der Waals surface area contributed by atoms with Crippen molar-refractivity contribution in [1.82, 2.24) is 10.6 Å². The fourth-order valence-electron chi connectivity index (χ4n) is 2.19. The minimum Gasteiger partial charge on any atom is -0.396 e. The number of carbonyl (C=O) groups is 1. The summed E-state index contributed by atoms with van der Waals surface area (Å²) in [5.41, 5.74) is -0.324. The van der Waals surface area contributed by atoms with E-state index in [1.54, 1.807) is 0 Å². The third-order valence-corrected chi connectivity index (χ3v) is 3.33. The van der Waals surface area contributed by atoms with Gasteiger partial charge in [-0.25, -0.2) is 0 Å². The quantitative estimate of drug-likeness (QED) is 0.694. The van der Waals surface area contributed by atoms with E-state index in [9.17, 15) is 4.79 Å². The van der Waals surface area contributed by atoms with Gasteiger partial charge < -0.3 is 15.7 Å². The van der Waals surface area contributed by atoms with Gasteiger partial charge in [0.15, 0.2) is 0 Å². The summed E-state index contributed by atoms with van der Waals surface area (Å²) in [5, 5.41) is 15.3. The molecule has 17 heavy (non-hydrogen) atoms. The number of hydrogen-bond donors (Lipinski definition) is 3. The highest BCUT2D eigenvalue weighted by Gasteiger charge is 2.25. The van der Waals surface area contributed by atoms with Gasteiger partial charge in [0.05, 0.1) is 6.04 Å². The molecule has 4 heteroatoms. The number of rotatable bonds is 4. The molecule has 100 valence electrons. The van der Waals surface area contributed by atoms with Crippen molar-refractivity contribution in [2.24, 2.45) is 0 Å². The summed E-state index contributed by atoms with van der Waals surface area (Å²) in [7, 11) is 0. The van der Waals surface area contributed by atoms with E-state index in [2.05, 4.69) is 10.6 Å². The molecule has 4 nitrogen and oxygen atoms in total. The first-order valence-electron chi connectivity index (χ1n) is 6.71. The zero-order valence-electron chi connectivity index (χ0n) is 11.1. The van der Waals surface area contributed by atoms with Crippen molar-refractivity contribution in [2.45, 2.75) is 64.0 Å². The van der Waals surface area contributed by atoms with Crippen LogP contribution in [-0.2, 0) is 4.79 Å². The summed E-state index contributed by atoms with van der Waals surface area (Å²) < 4.78 is 0. The van der Waals surface area contributed by atoms with Crippen LogP contribution in [0.15, 0.2) is 0 Å². The molecule has 1 aliphatic rings. The molecule has 0 saturated carbocycles. The topological polar surface area (TPSA) is 61.4 Å². The number of aliphatic hydroxyl groups is 1. The Labute approximate surface area is 104 Å². The molecule has 0 aliphatic carbocycles. The normalized spacial score (nSPS) is 22.6. The fourth-order valence-corrected chi connectivity index (χ4v) is 2.19. The van der Waals surface area contributed by atoms with Crippen molar-refractivity contribution < 1.29 is 9.90 Å². The lowest BCUT2D eigenvalue weighted by Gasteiger charge is -2.29. The number of nitrogens with one attached hydrogen (secondary N) is 2. The van der Waals surface area contributed by atoms with E-state index in [0.29, 0.717) is 6.42 Å². The Morgan fingerprint density at radius 2 is 2.06 bits per heavy atom. The molecular weight excluding hydrogens is 216 g/mol. The molecule has 1 rings (SSSR count). The van der Waals surface area contributed by atoms with Crippen molar-refractivity contribution in [3.8, 4) is 0 Å². The van der Waals surface area contributed by atoms with Crippen LogP contribution in [0.25, 0.3) is 0 Å². The van der Waals surface area contributed by atoms with E-state index in [0.717, 1.165) is 25.8 Å². The van der Waals surface area contributed by atoms with Crippen LogP contribution < -0.4 is 10.6 Å². The van der Waals surface area contributed by atoms with E-state index < -0.39 is 0 Å². The van der Waals surface area contributed by atoms with Gasteiger partial charge >= 0.3 is 0 Å². The molecule has 0 aromatic rings. The first-order chi connectivity index (χ1) is 8.05. The molecule has 0 radical (unpaired) electrons. The third kappa shape index (κ3) is 5.50. The van der Waals surface area contributed by atoms with Gasteiger partial charge in [-0.2, -0.15) is 0 Å². The predicted molar refractivity (Wildman–Crippen MR) is 68.8 cm³/mol. The standard InChI is InChI=1S/C13H26N2O2/c1-13(2,8-10-16)15-12(17)11-7-5-3-4-6-9-14-11/h11,14,16H,3-10H2,1-2H3,(H,15,17). The second-order valence-corrected chi connectivity index (χ2v) is 5.56. The smallest absolute Gasteiger partial charge is 0.237 e. The SMILES string of the molecule is CC(C)(CCO)NC(=O)C1CCCCCCN1. The lowest BCUT2D eigenvalue weighted by Crippen LogP contribution is -2.52. The molecule has 1 atom stereocenters. The molecule has 1 heterocycles. The maximum Gasteiger partial charge on any atom is 0.237 e. The maximum atomic E-state index is 12.1. The number of amides is 1. The first-order valence-corrected chi connectivity index (χ1v) is 6.71. The Balaban J connectivity index is 2.44. The Kier molecular flexibility index (Phi) is 5.92. The molecule has 0 aromatic carbocycles. The second kappa shape index (κ2) is 6.97. The molecular formula is C13H26N2O2. The molecule has 3 N–H and O–H groups in total. The fraction of sp³-hybridized carbons (Fsp3) is 0.923. The highest BCUT2D eigenvalue weighted by atomic mass is 16.3. The van der Waals surface area contributed by atoms with Gasteiger partial charge in [0.2, 0.25) is 5.91 Å². The van der Waals surface area contributed by atoms with Gasteiger partial charge in [-0.1, -0.05) is 19.3 Å². The maximum absolute atomic E-state index is 12.1. The third-order valence-electron chi connectivity index (χ3n) is 3.33. The van der Waals surface area contributed by atoms with Crippen molar-refractivity contribution in [3.05, 3.63) is 0 Å². The zero-order chi connectivity index (χ0) is 12.7. The molecule has 1 saturated heterocycles. The van der Waals surface area contributed by atoms with Crippen LogP contribution in [0.1, 0.15) is 52.4 Å². The van der Waals surface area contributed by atoms with Crippen molar-refractivity contribution in [2.75, 3.05) is 13.2 Å². The van der Waals surface area contributed by atoms with Crippen LogP contribution in [0.2, 0.25) is 0 Å². The van der Waals surface area contributed by atoms with Gasteiger partial charge in [0, 0.05) is 12.1 Å². The van der Waals surface area contributed by atoms with Gasteiger partial charge in [0.1, 0.15) is 0 Å². The highest BCUT2D eigenvalue weighted by molar-refractivity contribution is 5.82. The lowest BCUT2D eigenvalue weighted by atomic mass is 9.98. The summed E-state index contributed by atoms with van der Waals surface area (Å²) in [6.45, 7) is 4.93. The predicted octanol–water partition coefficient (Wildman–Crippen LogP) is 1.19. The highest BCUT2D eigenvalue weighted by Crippen LogP contribution is 2.12. The zero-order valence-corrected chi connectivity index (χ0v) is 11.1. The first kappa shape index (κ1) is 14.5. The summed E-state index contributed by atoms with van der Waals surface area (Å²) in [6.07, 6.45) is 6.27. The molecule has 1 unspecified atom stereocenters. The number of carbonyl (C=O) groups excluding carboxylic acids is 1. The minimum atomic E-state index is -0.324. The second-order valence-electron chi connectivity index (χ2n) is 5.56. The van der Waals surface area contributed by atoms with Crippen LogP contribution in [0.3, 0.4) is 0 Å². The number of hydrogen-bond acceptors (Lipinski definition) is 3. The van der Waals surface area contributed by atoms with Crippen LogP contribution in [0.5, 0.6) is 0 Å². The van der Waals surface area contributed by atoms with Gasteiger partial charge in [-0.15, -0.1) is 0 Å². The molecule has 1 aliphatic heterocycles. The molecule has 1 amide bonds. The Morgan fingerprint density at radius 1 is 1.35 bits per heavy atom. The Morgan fingerprint density at radius 3 is 2.76 bits per heavy atom. The number of aliphatic hydroxyl groups excluding tert-OH is 1. The van der Waals surface area contributed by atoms with Crippen LogP contribution in [0, 0.1) is 0 Å². The molecule has 0 bridgehead atoms. The van der Waals surface area contributed by atoms with Gasteiger partial charge in [0.25, 0.3) is 0 Å². The Bertz CT molecular complexity index is 234. The summed E-state index contributed by atoms with van der Waals surface area (Å²) in [4.78, 5) is 12.1. The minimum absolute atomic E-state index is 0.0618. The molecule has 0 spiro atoms. The molecule has 0 aromatic heterocycles. The molecule has 1 fully saturated rings. The van der Waals surface area contributed by atoms with Crippen molar-refractivity contribution >= 4 is 5.91 Å². The van der Waals surface area contributed by atoms with Crippen LogP contribution in [0.4, 0.5) is 0 Å². The van der Waals surface area contributed by atoms with Crippen molar-refractivity contribution in [3.63, 3.8) is 0 Å². The van der Waals surface area contributed by atoms with E-state index in [1.807, 2.05) is 13.8 Å². The monoisotopic (exact) mass is 242 g/mol. The van der Waals surface area contributed by atoms with Crippen LogP contribution in [-0.4, -0.2) is 35.7 Å². The van der Waals surface area contributed by atoms with Gasteiger partial charge in [-0.3, -0.25) is 4.79 Å². The summed E-state index contributed by atoms with van der Waals surface area (Å²) in [6, 6.07) is -0.0618. The average molecular weight is 242 g/mol. The van der Waals surface area contributed by atoms with E-state index in [4.69, 9.17) is 5.11 Å². The Hall–Kier alpha value is -0.610. The average Bonchev–Trinajstić information content (AvgIpc) is 2.14. The van der Waals surface area contributed by atoms with Crippen molar-refractivity contribution in [1.29, 1.82) is 0 Å². The summed E-state index contributed by atoms with van der Waals surface area (Å²) in [5.74, 6) is 0.0744. The van der Waals surface area contributed by atoms with E-state index >= 15 is 0 Å². The van der Waals surface area contributed by atoms with Gasteiger partial charge in [-0.05, 0) is 39.7 Å². The van der Waals surface area contributed by atoms with Crippen LogP contribution >= 0.6 is 0 Å².